The Balaban J connectivity index is 3.30. The van der Waals surface area contributed by atoms with Crippen LogP contribution in [-0.2, 0) is 0 Å². The fraction of sp³-hybridized carbons (Fsp3) is 0.714. The van der Waals surface area contributed by atoms with E-state index in [0.717, 1.165) is 13.0 Å². The van der Waals surface area contributed by atoms with E-state index < -0.39 is 0 Å². The lowest BCUT2D eigenvalue weighted by Crippen LogP contribution is -2.30. The number of rotatable bonds is 8. The summed E-state index contributed by atoms with van der Waals surface area (Å²) in [6, 6.07) is 0. The highest BCUT2D eigenvalue weighted by molar-refractivity contribution is 5.62. The number of aromatic nitrogens is 2. The molecule has 7 heteroatoms. The number of nitrogens with zero attached hydrogens (tertiary/aromatic N) is 4. The van der Waals surface area contributed by atoms with Crippen molar-refractivity contribution in [1.29, 1.82) is 0 Å². The zero-order chi connectivity index (χ0) is 16.0. The highest BCUT2D eigenvalue weighted by atomic mass is 16.6. The van der Waals surface area contributed by atoms with Crippen molar-refractivity contribution >= 4 is 17.5 Å². The molecule has 1 atom stereocenters. The quantitative estimate of drug-likeness (QED) is 0.586. The number of hydrogen-bond donors (Lipinski definition) is 1. The maximum atomic E-state index is 11.4. The van der Waals surface area contributed by atoms with Crippen LogP contribution in [0.3, 0.4) is 0 Å². The molecule has 21 heavy (non-hydrogen) atoms. The van der Waals surface area contributed by atoms with Crippen molar-refractivity contribution < 1.29 is 4.92 Å². The normalized spacial score (nSPS) is 12.0. The minimum atomic E-state index is -0.389. The third-order valence-electron chi connectivity index (χ3n) is 3.47. The molecule has 0 saturated heterocycles. The maximum Gasteiger partial charge on any atom is 0.332 e. The van der Waals surface area contributed by atoms with Crippen LogP contribution in [0.1, 0.15) is 39.8 Å². The number of anilines is 2. The summed E-state index contributed by atoms with van der Waals surface area (Å²) in [5, 5.41) is 14.4. The highest BCUT2D eigenvalue weighted by Crippen LogP contribution is 2.30. The Morgan fingerprint density at radius 2 is 2.00 bits per heavy atom. The standard InChI is InChI=1S/C14H25N5O2/c1-6-10(4)9-18(8-3)13-12(19(20)21)11(5)16-14(17-13)15-7-2/h10H,6-9H2,1-5H3,(H,15,16,17). The first kappa shape index (κ1) is 17.1. The van der Waals surface area contributed by atoms with E-state index in [1.807, 2.05) is 18.7 Å². The molecule has 0 fully saturated rings. The van der Waals surface area contributed by atoms with E-state index in [0.29, 0.717) is 36.5 Å². The fourth-order valence-corrected chi connectivity index (χ4v) is 2.09. The van der Waals surface area contributed by atoms with E-state index in [1.54, 1.807) is 6.92 Å². The number of aryl methyl sites for hydroxylation is 1. The van der Waals surface area contributed by atoms with Gasteiger partial charge >= 0.3 is 5.69 Å². The Hall–Kier alpha value is -1.92. The molecule has 1 aromatic rings. The van der Waals surface area contributed by atoms with Gasteiger partial charge in [-0.2, -0.15) is 4.98 Å². The zero-order valence-corrected chi connectivity index (χ0v) is 13.5. The molecule has 0 aliphatic carbocycles. The van der Waals surface area contributed by atoms with Gasteiger partial charge in [-0.1, -0.05) is 20.3 Å². The Bertz CT molecular complexity index is 492. The van der Waals surface area contributed by atoms with E-state index in [9.17, 15) is 10.1 Å². The van der Waals surface area contributed by atoms with Crippen LogP contribution in [0.5, 0.6) is 0 Å². The van der Waals surface area contributed by atoms with E-state index in [-0.39, 0.29) is 10.6 Å². The average Bonchev–Trinajstić information content (AvgIpc) is 2.43. The predicted molar refractivity (Wildman–Crippen MR) is 84.9 cm³/mol. The summed E-state index contributed by atoms with van der Waals surface area (Å²) >= 11 is 0. The Labute approximate surface area is 125 Å². The number of hydrogen-bond acceptors (Lipinski definition) is 6. The predicted octanol–water partition coefficient (Wildman–Crippen LogP) is 3.00. The number of nitro groups is 1. The van der Waals surface area contributed by atoms with Gasteiger partial charge in [0.25, 0.3) is 0 Å². The topological polar surface area (TPSA) is 84.2 Å². The molecule has 1 aromatic heterocycles. The summed E-state index contributed by atoms with van der Waals surface area (Å²) in [6.45, 7) is 11.9. The van der Waals surface area contributed by atoms with Gasteiger partial charge in [0.1, 0.15) is 5.69 Å². The minimum absolute atomic E-state index is 0.00167. The van der Waals surface area contributed by atoms with Gasteiger partial charge in [0.15, 0.2) is 0 Å². The highest BCUT2D eigenvalue weighted by Gasteiger charge is 2.26. The van der Waals surface area contributed by atoms with Gasteiger partial charge < -0.3 is 10.2 Å². The van der Waals surface area contributed by atoms with Crippen LogP contribution < -0.4 is 10.2 Å². The van der Waals surface area contributed by atoms with Crippen molar-refractivity contribution in [2.24, 2.45) is 5.92 Å². The van der Waals surface area contributed by atoms with Gasteiger partial charge in [0.2, 0.25) is 11.8 Å². The molecule has 0 amide bonds. The second kappa shape index (κ2) is 7.75. The van der Waals surface area contributed by atoms with Gasteiger partial charge in [-0.3, -0.25) is 10.1 Å². The first-order chi connectivity index (χ1) is 9.94. The maximum absolute atomic E-state index is 11.4. The summed E-state index contributed by atoms with van der Waals surface area (Å²) in [5.74, 6) is 1.30. The molecular formula is C14H25N5O2. The zero-order valence-electron chi connectivity index (χ0n) is 13.5. The first-order valence-corrected chi connectivity index (χ1v) is 7.46. The van der Waals surface area contributed by atoms with Crippen LogP contribution in [0, 0.1) is 23.0 Å². The summed E-state index contributed by atoms with van der Waals surface area (Å²) in [5.41, 5.74) is 0.394. The first-order valence-electron chi connectivity index (χ1n) is 7.46. The Kier molecular flexibility index (Phi) is 6.33. The second-order valence-electron chi connectivity index (χ2n) is 5.14. The molecule has 0 saturated carbocycles. The second-order valence-corrected chi connectivity index (χ2v) is 5.14. The summed E-state index contributed by atoms with van der Waals surface area (Å²) in [7, 11) is 0. The molecule has 1 N–H and O–H groups in total. The van der Waals surface area contributed by atoms with Gasteiger partial charge in [0, 0.05) is 19.6 Å². The van der Waals surface area contributed by atoms with Gasteiger partial charge in [0.05, 0.1) is 4.92 Å². The summed E-state index contributed by atoms with van der Waals surface area (Å²) in [6.07, 6.45) is 1.02. The fourth-order valence-electron chi connectivity index (χ4n) is 2.09. The van der Waals surface area contributed by atoms with Crippen molar-refractivity contribution in [2.75, 3.05) is 29.9 Å². The van der Waals surface area contributed by atoms with Crippen LogP contribution in [0.15, 0.2) is 0 Å². The minimum Gasteiger partial charge on any atom is -0.354 e. The van der Waals surface area contributed by atoms with Crippen LogP contribution in [0.2, 0.25) is 0 Å². The van der Waals surface area contributed by atoms with E-state index >= 15 is 0 Å². The molecule has 1 heterocycles. The summed E-state index contributed by atoms with van der Waals surface area (Å²) in [4.78, 5) is 21.5. The lowest BCUT2D eigenvalue weighted by molar-refractivity contribution is -0.385. The van der Waals surface area contributed by atoms with Crippen LogP contribution in [0.4, 0.5) is 17.5 Å². The molecule has 0 aromatic carbocycles. The third kappa shape index (κ3) is 4.27. The molecule has 0 radical (unpaired) electrons. The lowest BCUT2D eigenvalue weighted by Gasteiger charge is -2.25. The van der Waals surface area contributed by atoms with Gasteiger partial charge in [-0.25, -0.2) is 4.98 Å². The van der Waals surface area contributed by atoms with E-state index in [1.165, 1.54) is 0 Å². The smallest absolute Gasteiger partial charge is 0.332 e. The third-order valence-corrected chi connectivity index (χ3v) is 3.47. The lowest BCUT2D eigenvalue weighted by atomic mass is 10.1. The largest absolute Gasteiger partial charge is 0.354 e. The van der Waals surface area contributed by atoms with Crippen molar-refractivity contribution in [2.45, 2.75) is 41.0 Å². The van der Waals surface area contributed by atoms with Crippen LogP contribution in [0.25, 0.3) is 0 Å². The monoisotopic (exact) mass is 295 g/mol. The van der Waals surface area contributed by atoms with Crippen LogP contribution in [-0.4, -0.2) is 34.5 Å². The Morgan fingerprint density at radius 1 is 1.33 bits per heavy atom. The summed E-state index contributed by atoms with van der Waals surface area (Å²) < 4.78 is 0. The molecule has 0 bridgehead atoms. The van der Waals surface area contributed by atoms with Crippen molar-refractivity contribution in [3.63, 3.8) is 0 Å². The molecular weight excluding hydrogens is 270 g/mol. The number of nitrogens with one attached hydrogen (secondary N) is 1. The molecule has 1 unspecified atom stereocenters. The van der Waals surface area contributed by atoms with Crippen molar-refractivity contribution in [3.8, 4) is 0 Å². The van der Waals surface area contributed by atoms with Gasteiger partial charge in [-0.15, -0.1) is 0 Å². The van der Waals surface area contributed by atoms with Crippen LogP contribution >= 0.6 is 0 Å². The SMILES string of the molecule is CCNc1nc(C)c([N+](=O)[O-])c(N(CC)CC(C)CC)n1. The Morgan fingerprint density at radius 3 is 2.48 bits per heavy atom. The molecule has 0 aliphatic heterocycles. The molecule has 0 aliphatic rings. The average molecular weight is 295 g/mol. The molecule has 7 nitrogen and oxygen atoms in total. The molecule has 0 spiro atoms. The molecule has 1 rings (SSSR count). The van der Waals surface area contributed by atoms with Crippen molar-refractivity contribution in [1.82, 2.24) is 9.97 Å². The van der Waals surface area contributed by atoms with Gasteiger partial charge in [-0.05, 0) is 26.7 Å². The van der Waals surface area contributed by atoms with Crippen molar-refractivity contribution in [3.05, 3.63) is 15.8 Å². The van der Waals surface area contributed by atoms with E-state index in [4.69, 9.17) is 0 Å². The van der Waals surface area contributed by atoms with E-state index in [2.05, 4.69) is 29.1 Å². The molecule has 118 valence electrons.